The van der Waals surface area contributed by atoms with Crippen LogP contribution in [-0.4, -0.2) is 34.1 Å². The number of halogens is 2. The maximum Gasteiger partial charge on any atom is 0.178 e. The van der Waals surface area contributed by atoms with Crippen molar-refractivity contribution in [2.24, 2.45) is 0 Å². The molecule has 2 aromatic rings. The number of hydrogen-bond donors (Lipinski definition) is 1. The Kier molecular flexibility index (Phi) is 3.84. The first-order valence-corrected chi connectivity index (χ1v) is 7.93. The van der Waals surface area contributed by atoms with E-state index in [-0.39, 0.29) is 0 Å². The van der Waals surface area contributed by atoms with Crippen molar-refractivity contribution in [2.45, 2.75) is 31.8 Å². The average Bonchev–Trinajstić information content (AvgIpc) is 2.69. The zero-order valence-corrected chi connectivity index (χ0v) is 13.8. The Bertz CT molecular complexity index is 706. The SMILES string of the molecule is CC1CC(n2c(=S)[nH]c3cc(Cl)c(Cl)cc32)CCN1C. The second-order valence-electron chi connectivity index (χ2n) is 5.59. The van der Waals surface area contributed by atoms with E-state index in [0.717, 1.165) is 35.2 Å². The summed E-state index contributed by atoms with van der Waals surface area (Å²) in [5, 5.41) is 1.13. The maximum absolute atomic E-state index is 6.16. The van der Waals surface area contributed by atoms with Crippen LogP contribution in [0.4, 0.5) is 0 Å². The van der Waals surface area contributed by atoms with Crippen LogP contribution in [-0.2, 0) is 0 Å². The van der Waals surface area contributed by atoms with Gasteiger partial charge in [0.25, 0.3) is 0 Å². The monoisotopic (exact) mass is 329 g/mol. The molecular formula is C14H17Cl2N3S. The van der Waals surface area contributed by atoms with Gasteiger partial charge in [0.05, 0.1) is 21.1 Å². The van der Waals surface area contributed by atoms with E-state index in [4.69, 9.17) is 35.4 Å². The summed E-state index contributed by atoms with van der Waals surface area (Å²) >= 11 is 17.7. The average molecular weight is 330 g/mol. The molecule has 20 heavy (non-hydrogen) atoms. The molecule has 1 saturated heterocycles. The molecule has 3 rings (SSSR count). The van der Waals surface area contributed by atoms with Gasteiger partial charge in [0.1, 0.15) is 0 Å². The fourth-order valence-electron chi connectivity index (χ4n) is 2.98. The lowest BCUT2D eigenvalue weighted by Gasteiger charge is -2.35. The number of H-pyrrole nitrogens is 1. The van der Waals surface area contributed by atoms with Gasteiger partial charge in [-0.2, -0.15) is 0 Å². The predicted molar refractivity (Wildman–Crippen MR) is 87.5 cm³/mol. The third-order valence-electron chi connectivity index (χ3n) is 4.30. The zero-order chi connectivity index (χ0) is 14.4. The summed E-state index contributed by atoms with van der Waals surface area (Å²) in [5.74, 6) is 0. The van der Waals surface area contributed by atoms with Crippen LogP contribution in [0.5, 0.6) is 0 Å². The van der Waals surface area contributed by atoms with Gasteiger partial charge in [0, 0.05) is 18.6 Å². The standard InChI is InChI=1S/C14H17Cl2N3S/c1-8-5-9(3-4-18(8)2)19-13-7-11(16)10(15)6-12(13)17-14(19)20/h6-9H,3-5H2,1-2H3,(H,17,20). The van der Waals surface area contributed by atoms with Gasteiger partial charge in [0.2, 0.25) is 0 Å². The van der Waals surface area contributed by atoms with Crippen molar-refractivity contribution in [1.82, 2.24) is 14.5 Å². The van der Waals surface area contributed by atoms with Crippen molar-refractivity contribution in [3.63, 3.8) is 0 Å². The molecule has 0 radical (unpaired) electrons. The maximum atomic E-state index is 6.16. The summed E-state index contributed by atoms with van der Waals surface area (Å²) in [4.78, 5) is 5.63. The summed E-state index contributed by atoms with van der Waals surface area (Å²) in [5.41, 5.74) is 2.00. The molecule has 0 amide bonds. The Morgan fingerprint density at radius 2 is 2.00 bits per heavy atom. The predicted octanol–water partition coefficient (Wildman–Crippen LogP) is 4.66. The van der Waals surface area contributed by atoms with Crippen molar-refractivity contribution in [2.75, 3.05) is 13.6 Å². The lowest BCUT2D eigenvalue weighted by Crippen LogP contribution is -2.38. The summed E-state index contributed by atoms with van der Waals surface area (Å²) in [6, 6.07) is 4.74. The minimum absolute atomic E-state index is 0.416. The van der Waals surface area contributed by atoms with Gasteiger partial charge in [-0.1, -0.05) is 23.2 Å². The number of imidazole rings is 1. The molecule has 0 spiro atoms. The van der Waals surface area contributed by atoms with Crippen molar-refractivity contribution >= 4 is 46.5 Å². The molecule has 2 unspecified atom stereocenters. The number of piperidine rings is 1. The van der Waals surface area contributed by atoms with E-state index < -0.39 is 0 Å². The number of aromatic amines is 1. The second-order valence-corrected chi connectivity index (χ2v) is 6.79. The first-order chi connectivity index (χ1) is 9.47. The van der Waals surface area contributed by atoms with E-state index in [2.05, 4.69) is 28.4 Å². The second kappa shape index (κ2) is 5.34. The van der Waals surface area contributed by atoms with Gasteiger partial charge in [-0.3, -0.25) is 0 Å². The molecule has 1 aromatic carbocycles. The molecule has 2 atom stereocenters. The van der Waals surface area contributed by atoms with Gasteiger partial charge in [-0.15, -0.1) is 0 Å². The minimum atomic E-state index is 0.416. The molecule has 0 saturated carbocycles. The Morgan fingerprint density at radius 3 is 2.70 bits per heavy atom. The van der Waals surface area contributed by atoms with Crippen LogP contribution >= 0.6 is 35.4 Å². The van der Waals surface area contributed by atoms with Gasteiger partial charge < -0.3 is 14.5 Å². The third kappa shape index (κ3) is 2.39. The molecule has 108 valence electrons. The topological polar surface area (TPSA) is 24.0 Å². The van der Waals surface area contributed by atoms with E-state index in [1.807, 2.05) is 12.1 Å². The first-order valence-electron chi connectivity index (χ1n) is 6.77. The zero-order valence-electron chi connectivity index (χ0n) is 11.5. The lowest BCUT2D eigenvalue weighted by atomic mass is 9.98. The summed E-state index contributed by atoms with van der Waals surface area (Å²) < 4.78 is 2.95. The molecule has 1 aliphatic heterocycles. The van der Waals surface area contributed by atoms with Crippen LogP contribution in [0.25, 0.3) is 11.0 Å². The summed E-state index contributed by atoms with van der Waals surface area (Å²) in [6.07, 6.45) is 2.19. The van der Waals surface area contributed by atoms with E-state index in [1.54, 1.807) is 0 Å². The highest BCUT2D eigenvalue weighted by molar-refractivity contribution is 7.71. The van der Waals surface area contributed by atoms with Crippen molar-refractivity contribution in [1.29, 1.82) is 0 Å². The molecule has 0 bridgehead atoms. The van der Waals surface area contributed by atoms with Crippen molar-refractivity contribution in [3.8, 4) is 0 Å². The highest BCUT2D eigenvalue weighted by Crippen LogP contribution is 2.33. The lowest BCUT2D eigenvalue weighted by molar-refractivity contribution is 0.158. The van der Waals surface area contributed by atoms with Gasteiger partial charge in [-0.25, -0.2) is 0 Å². The number of nitrogens with zero attached hydrogens (tertiary/aromatic N) is 2. The molecule has 6 heteroatoms. The normalized spacial score (nSPS) is 24.4. The number of likely N-dealkylation sites (tertiary alicyclic amines) is 1. The van der Waals surface area contributed by atoms with Crippen LogP contribution in [0, 0.1) is 4.77 Å². The molecule has 0 aliphatic carbocycles. The number of aromatic nitrogens is 2. The number of benzene rings is 1. The van der Waals surface area contributed by atoms with Crippen LogP contribution in [0.3, 0.4) is 0 Å². The van der Waals surface area contributed by atoms with Crippen LogP contribution in [0.2, 0.25) is 10.0 Å². The fourth-order valence-corrected chi connectivity index (χ4v) is 3.66. The van der Waals surface area contributed by atoms with Gasteiger partial charge >= 0.3 is 0 Å². The van der Waals surface area contributed by atoms with Crippen LogP contribution in [0.1, 0.15) is 25.8 Å². The van der Waals surface area contributed by atoms with Crippen LogP contribution < -0.4 is 0 Å². The largest absolute Gasteiger partial charge is 0.331 e. The molecule has 2 heterocycles. The van der Waals surface area contributed by atoms with E-state index >= 15 is 0 Å². The summed E-state index contributed by atoms with van der Waals surface area (Å²) in [6.45, 7) is 3.34. The quantitative estimate of drug-likeness (QED) is 0.769. The molecular weight excluding hydrogens is 313 g/mol. The molecule has 1 aromatic heterocycles. The Hall–Kier alpha value is -0.550. The Morgan fingerprint density at radius 1 is 1.30 bits per heavy atom. The van der Waals surface area contributed by atoms with Crippen LogP contribution in [0.15, 0.2) is 12.1 Å². The van der Waals surface area contributed by atoms with E-state index in [1.165, 1.54) is 0 Å². The Balaban J connectivity index is 2.09. The molecule has 3 nitrogen and oxygen atoms in total. The highest BCUT2D eigenvalue weighted by Gasteiger charge is 2.25. The first kappa shape index (κ1) is 14.4. The van der Waals surface area contributed by atoms with Gasteiger partial charge in [0.15, 0.2) is 4.77 Å². The fraction of sp³-hybridized carbons (Fsp3) is 0.500. The number of nitrogens with one attached hydrogen (secondary N) is 1. The van der Waals surface area contributed by atoms with E-state index in [0.29, 0.717) is 22.1 Å². The number of rotatable bonds is 1. The minimum Gasteiger partial charge on any atom is -0.331 e. The third-order valence-corrected chi connectivity index (χ3v) is 5.33. The number of fused-ring (bicyclic) bond motifs is 1. The molecule has 1 fully saturated rings. The number of hydrogen-bond acceptors (Lipinski definition) is 2. The Labute approximate surface area is 133 Å². The smallest absolute Gasteiger partial charge is 0.178 e. The molecule has 1 aliphatic rings. The van der Waals surface area contributed by atoms with Crippen molar-refractivity contribution < 1.29 is 0 Å². The van der Waals surface area contributed by atoms with Gasteiger partial charge in [-0.05, 0) is 51.2 Å². The molecule has 1 N–H and O–H groups in total. The highest BCUT2D eigenvalue weighted by atomic mass is 35.5. The van der Waals surface area contributed by atoms with Crippen molar-refractivity contribution in [3.05, 3.63) is 26.9 Å². The summed E-state index contributed by atoms with van der Waals surface area (Å²) in [7, 11) is 2.17. The van der Waals surface area contributed by atoms with E-state index in [9.17, 15) is 0 Å².